The Hall–Kier alpha value is -0.960. The van der Waals surface area contributed by atoms with Crippen molar-refractivity contribution in [3.05, 3.63) is 34.3 Å². The summed E-state index contributed by atoms with van der Waals surface area (Å²) in [5.41, 5.74) is 0.514. The second-order valence-corrected chi connectivity index (χ2v) is 8.29. The average Bonchev–Trinajstić information content (AvgIpc) is 2.48. The number of nitrogens with one attached hydrogen (secondary N) is 1. The van der Waals surface area contributed by atoms with Gasteiger partial charge in [0.2, 0.25) is 10.0 Å². The van der Waals surface area contributed by atoms with Crippen LogP contribution in [-0.4, -0.2) is 69.1 Å². The Morgan fingerprint density at radius 3 is 2.36 bits per heavy atom. The van der Waals surface area contributed by atoms with Gasteiger partial charge in [0, 0.05) is 42.8 Å². The fourth-order valence-corrected chi connectivity index (χ4v) is 3.79. The first-order valence-corrected chi connectivity index (χ1v) is 9.49. The van der Waals surface area contributed by atoms with Gasteiger partial charge in [0.15, 0.2) is 0 Å². The van der Waals surface area contributed by atoms with Crippen LogP contribution in [0.5, 0.6) is 0 Å². The number of benzene rings is 1. The Morgan fingerprint density at radius 2 is 1.77 bits per heavy atom. The number of carbonyl (C=O) groups is 1. The molecule has 0 spiro atoms. The van der Waals surface area contributed by atoms with Crippen molar-refractivity contribution in [3.8, 4) is 0 Å². The van der Waals surface area contributed by atoms with Crippen LogP contribution in [0, 0.1) is 0 Å². The predicted octanol–water partition coefficient (Wildman–Crippen LogP) is 0.756. The van der Waals surface area contributed by atoms with Gasteiger partial charge in [0.25, 0.3) is 5.91 Å². The lowest BCUT2D eigenvalue weighted by Gasteiger charge is -2.31. The number of amides is 1. The summed E-state index contributed by atoms with van der Waals surface area (Å²) in [7, 11) is -1.33. The zero-order valence-corrected chi connectivity index (χ0v) is 14.9. The minimum absolute atomic E-state index is 0.0705. The SMILES string of the molecule is CN1CCN(S(=O)(=O)CCNC(=O)c2ccc(Br)cc2)CC1. The molecular formula is C14H20BrN3O3S. The Kier molecular flexibility index (Phi) is 5.96. The highest BCUT2D eigenvalue weighted by atomic mass is 79.9. The quantitative estimate of drug-likeness (QED) is 0.806. The van der Waals surface area contributed by atoms with E-state index < -0.39 is 10.0 Å². The number of halogens is 1. The first-order chi connectivity index (χ1) is 10.4. The molecule has 0 atom stereocenters. The summed E-state index contributed by atoms with van der Waals surface area (Å²) < 4.78 is 26.8. The molecule has 1 fully saturated rings. The van der Waals surface area contributed by atoms with Crippen molar-refractivity contribution < 1.29 is 13.2 Å². The fraction of sp³-hybridized carbons (Fsp3) is 0.500. The summed E-state index contributed by atoms with van der Waals surface area (Å²) >= 11 is 3.30. The molecule has 122 valence electrons. The average molecular weight is 390 g/mol. The molecule has 6 nitrogen and oxygen atoms in total. The minimum atomic E-state index is -3.31. The van der Waals surface area contributed by atoms with E-state index in [0.717, 1.165) is 17.6 Å². The predicted molar refractivity (Wildman–Crippen MR) is 89.3 cm³/mol. The molecule has 0 unspecified atom stereocenters. The third-order valence-corrected chi connectivity index (χ3v) is 6.01. The minimum Gasteiger partial charge on any atom is -0.351 e. The summed E-state index contributed by atoms with van der Waals surface area (Å²) in [5.74, 6) is -0.333. The Balaban J connectivity index is 1.82. The number of likely N-dealkylation sites (N-methyl/N-ethyl adjacent to an activating group) is 1. The van der Waals surface area contributed by atoms with Crippen LogP contribution in [0.3, 0.4) is 0 Å². The van der Waals surface area contributed by atoms with Crippen molar-refractivity contribution in [1.29, 1.82) is 0 Å². The molecule has 0 aliphatic carbocycles. The molecule has 1 heterocycles. The molecular weight excluding hydrogens is 370 g/mol. The van der Waals surface area contributed by atoms with Gasteiger partial charge >= 0.3 is 0 Å². The maximum Gasteiger partial charge on any atom is 0.251 e. The molecule has 0 bridgehead atoms. The van der Waals surface area contributed by atoms with Crippen LogP contribution < -0.4 is 5.32 Å². The number of carbonyl (C=O) groups excluding carboxylic acids is 1. The summed E-state index contributed by atoms with van der Waals surface area (Å²) in [5, 5.41) is 2.65. The maximum absolute atomic E-state index is 12.2. The third kappa shape index (κ3) is 4.77. The molecule has 1 N–H and O–H groups in total. The van der Waals surface area contributed by atoms with Crippen molar-refractivity contribution in [2.75, 3.05) is 45.5 Å². The van der Waals surface area contributed by atoms with E-state index >= 15 is 0 Å². The molecule has 8 heteroatoms. The highest BCUT2D eigenvalue weighted by Gasteiger charge is 2.25. The third-order valence-electron chi connectivity index (χ3n) is 3.61. The molecule has 0 aromatic heterocycles. The molecule has 0 saturated carbocycles. The number of rotatable bonds is 5. The van der Waals surface area contributed by atoms with E-state index in [1.807, 2.05) is 7.05 Å². The van der Waals surface area contributed by atoms with Gasteiger partial charge in [-0.1, -0.05) is 15.9 Å². The summed E-state index contributed by atoms with van der Waals surface area (Å²) in [4.78, 5) is 14.0. The van der Waals surface area contributed by atoms with E-state index in [-0.39, 0.29) is 18.2 Å². The monoisotopic (exact) mass is 389 g/mol. The lowest BCUT2D eigenvalue weighted by Crippen LogP contribution is -2.48. The maximum atomic E-state index is 12.2. The topological polar surface area (TPSA) is 69.7 Å². The summed E-state index contributed by atoms with van der Waals surface area (Å²) in [6, 6.07) is 6.93. The van der Waals surface area contributed by atoms with Crippen LogP contribution in [0.25, 0.3) is 0 Å². The van der Waals surface area contributed by atoms with Crippen LogP contribution >= 0.6 is 15.9 Å². The van der Waals surface area contributed by atoms with Crippen molar-refractivity contribution in [1.82, 2.24) is 14.5 Å². The normalized spacial score (nSPS) is 17.4. The van der Waals surface area contributed by atoms with Gasteiger partial charge in [-0.15, -0.1) is 0 Å². The molecule has 2 rings (SSSR count). The Morgan fingerprint density at radius 1 is 1.18 bits per heavy atom. The van der Waals surface area contributed by atoms with Gasteiger partial charge in [-0.25, -0.2) is 8.42 Å². The second-order valence-electron chi connectivity index (χ2n) is 5.28. The molecule has 1 aromatic rings. The van der Waals surface area contributed by atoms with E-state index in [2.05, 4.69) is 26.1 Å². The van der Waals surface area contributed by atoms with E-state index in [1.165, 1.54) is 4.31 Å². The van der Waals surface area contributed by atoms with Gasteiger partial charge in [0.05, 0.1) is 5.75 Å². The summed E-state index contributed by atoms with van der Waals surface area (Å²) in [6.07, 6.45) is 0. The number of hydrogen-bond donors (Lipinski definition) is 1. The first-order valence-electron chi connectivity index (χ1n) is 7.08. The van der Waals surface area contributed by atoms with Crippen LogP contribution in [0.2, 0.25) is 0 Å². The number of piperazine rings is 1. The van der Waals surface area contributed by atoms with E-state index in [9.17, 15) is 13.2 Å². The Labute approximate surface area is 139 Å². The highest BCUT2D eigenvalue weighted by Crippen LogP contribution is 2.10. The lowest BCUT2D eigenvalue weighted by atomic mass is 10.2. The standard InChI is InChI=1S/C14H20BrN3O3S/c1-17-7-9-18(10-8-17)22(20,21)11-6-16-14(19)12-2-4-13(15)5-3-12/h2-5H,6-11H2,1H3,(H,16,19). The van der Waals surface area contributed by atoms with E-state index in [0.29, 0.717) is 18.7 Å². The van der Waals surface area contributed by atoms with Gasteiger partial charge < -0.3 is 10.2 Å². The second kappa shape index (κ2) is 7.54. The molecule has 22 heavy (non-hydrogen) atoms. The lowest BCUT2D eigenvalue weighted by molar-refractivity contribution is 0.0956. The van der Waals surface area contributed by atoms with Crippen molar-refractivity contribution in [2.24, 2.45) is 0 Å². The van der Waals surface area contributed by atoms with Crippen molar-refractivity contribution in [3.63, 3.8) is 0 Å². The molecule has 1 aliphatic rings. The molecule has 1 aromatic carbocycles. The Bertz CT molecular complexity index is 611. The fourth-order valence-electron chi connectivity index (χ4n) is 2.19. The zero-order valence-electron chi connectivity index (χ0n) is 12.5. The van der Waals surface area contributed by atoms with Crippen molar-refractivity contribution in [2.45, 2.75) is 0 Å². The smallest absolute Gasteiger partial charge is 0.251 e. The first kappa shape index (κ1) is 17.4. The van der Waals surface area contributed by atoms with E-state index in [1.54, 1.807) is 24.3 Å². The number of sulfonamides is 1. The largest absolute Gasteiger partial charge is 0.351 e. The highest BCUT2D eigenvalue weighted by molar-refractivity contribution is 9.10. The number of hydrogen-bond acceptors (Lipinski definition) is 4. The number of nitrogens with zero attached hydrogens (tertiary/aromatic N) is 2. The van der Waals surface area contributed by atoms with Crippen LogP contribution in [0.15, 0.2) is 28.7 Å². The van der Waals surface area contributed by atoms with Crippen LogP contribution in [0.1, 0.15) is 10.4 Å². The molecule has 1 aliphatic heterocycles. The van der Waals surface area contributed by atoms with Crippen LogP contribution in [-0.2, 0) is 10.0 Å². The molecule has 1 amide bonds. The molecule has 1 saturated heterocycles. The van der Waals surface area contributed by atoms with Gasteiger partial charge in [-0.05, 0) is 31.3 Å². The van der Waals surface area contributed by atoms with Gasteiger partial charge in [-0.3, -0.25) is 4.79 Å². The van der Waals surface area contributed by atoms with E-state index in [4.69, 9.17) is 0 Å². The van der Waals surface area contributed by atoms with Gasteiger partial charge in [-0.2, -0.15) is 4.31 Å². The molecule has 0 radical (unpaired) electrons. The van der Waals surface area contributed by atoms with Crippen molar-refractivity contribution >= 4 is 31.9 Å². The van der Waals surface area contributed by atoms with Gasteiger partial charge in [0.1, 0.15) is 0 Å². The zero-order chi connectivity index (χ0) is 16.2. The summed E-state index contributed by atoms with van der Waals surface area (Å²) in [6.45, 7) is 2.62. The van der Waals surface area contributed by atoms with Crippen LogP contribution in [0.4, 0.5) is 0 Å².